The largest absolute Gasteiger partial charge is 0.492 e. The molecule has 1 aromatic rings. The third-order valence-electron chi connectivity index (χ3n) is 2.32. The van der Waals surface area contributed by atoms with E-state index in [0.717, 1.165) is 17.9 Å². The fraction of sp³-hybridized carbons (Fsp3) is 0.538. The van der Waals surface area contributed by atoms with E-state index in [1.165, 1.54) is 5.56 Å². The number of benzene rings is 1. The summed E-state index contributed by atoms with van der Waals surface area (Å²) in [5.41, 5.74) is 2.36. The minimum Gasteiger partial charge on any atom is -0.492 e. The van der Waals surface area contributed by atoms with Crippen LogP contribution in [0.25, 0.3) is 0 Å². The Morgan fingerprint density at radius 3 is 2.81 bits per heavy atom. The summed E-state index contributed by atoms with van der Waals surface area (Å²) in [6, 6.07) is 6.19. The molecule has 1 rings (SSSR count). The zero-order valence-corrected chi connectivity index (χ0v) is 10.3. The fourth-order valence-electron chi connectivity index (χ4n) is 1.41. The van der Waals surface area contributed by atoms with Crippen LogP contribution in [0.3, 0.4) is 0 Å². The summed E-state index contributed by atoms with van der Waals surface area (Å²) in [6.45, 7) is 7.83. The van der Waals surface area contributed by atoms with E-state index in [0.29, 0.717) is 13.2 Å². The van der Waals surface area contributed by atoms with E-state index in [4.69, 9.17) is 9.84 Å². The topological polar surface area (TPSA) is 41.5 Å². The second-order valence-corrected chi connectivity index (χ2v) is 4.17. The third-order valence-corrected chi connectivity index (χ3v) is 2.32. The van der Waals surface area contributed by atoms with Gasteiger partial charge in [-0.1, -0.05) is 12.1 Å². The molecule has 0 bridgehead atoms. The molecule has 90 valence electrons. The first kappa shape index (κ1) is 13.0. The molecule has 3 nitrogen and oxygen atoms in total. The van der Waals surface area contributed by atoms with Gasteiger partial charge in [-0.05, 0) is 38.0 Å². The molecule has 0 radical (unpaired) electrons. The van der Waals surface area contributed by atoms with Gasteiger partial charge in [0.15, 0.2) is 0 Å². The van der Waals surface area contributed by atoms with Gasteiger partial charge in [0.2, 0.25) is 0 Å². The first-order valence-electron chi connectivity index (χ1n) is 5.68. The first-order chi connectivity index (χ1) is 7.59. The maximum absolute atomic E-state index is 9.05. The van der Waals surface area contributed by atoms with Crippen LogP contribution in [-0.2, 0) is 0 Å². The number of ether oxygens (including phenoxy) is 1. The second kappa shape index (κ2) is 6.51. The molecule has 0 aliphatic rings. The van der Waals surface area contributed by atoms with Crippen molar-refractivity contribution in [3.8, 4) is 5.75 Å². The number of rotatable bonds is 6. The zero-order valence-electron chi connectivity index (χ0n) is 10.3. The van der Waals surface area contributed by atoms with E-state index < -0.39 is 0 Å². The molecule has 2 N–H and O–H groups in total. The van der Waals surface area contributed by atoms with Crippen molar-refractivity contribution in [3.63, 3.8) is 0 Å². The molecule has 3 heteroatoms. The standard InChI is InChI=1S/C13H21NO2/c1-10-4-5-11(2)13(8-10)16-7-6-14-9-12(3)15/h4-5,8,12,14-15H,6-7,9H2,1-3H3. The quantitative estimate of drug-likeness (QED) is 0.721. The SMILES string of the molecule is Cc1ccc(C)c(OCCNCC(C)O)c1. The van der Waals surface area contributed by atoms with E-state index >= 15 is 0 Å². The number of aryl methyl sites for hydroxylation is 2. The summed E-state index contributed by atoms with van der Waals surface area (Å²) in [7, 11) is 0. The summed E-state index contributed by atoms with van der Waals surface area (Å²) in [5, 5.41) is 12.2. The molecule has 0 spiro atoms. The lowest BCUT2D eigenvalue weighted by molar-refractivity contribution is 0.188. The molecule has 0 heterocycles. The molecule has 1 atom stereocenters. The predicted molar refractivity (Wildman–Crippen MR) is 66.0 cm³/mol. The lowest BCUT2D eigenvalue weighted by Gasteiger charge is -2.11. The van der Waals surface area contributed by atoms with Gasteiger partial charge in [0.1, 0.15) is 12.4 Å². The van der Waals surface area contributed by atoms with Gasteiger partial charge in [0, 0.05) is 13.1 Å². The van der Waals surface area contributed by atoms with E-state index in [-0.39, 0.29) is 6.10 Å². The van der Waals surface area contributed by atoms with Gasteiger partial charge < -0.3 is 15.2 Å². The predicted octanol–water partition coefficient (Wildman–Crippen LogP) is 1.65. The Bertz CT molecular complexity index is 324. The number of hydrogen-bond acceptors (Lipinski definition) is 3. The Kier molecular flexibility index (Phi) is 5.29. The first-order valence-corrected chi connectivity index (χ1v) is 5.68. The highest BCUT2D eigenvalue weighted by molar-refractivity contribution is 5.35. The summed E-state index contributed by atoms with van der Waals surface area (Å²) >= 11 is 0. The van der Waals surface area contributed by atoms with E-state index in [1.54, 1.807) is 6.92 Å². The van der Waals surface area contributed by atoms with Crippen molar-refractivity contribution in [3.05, 3.63) is 29.3 Å². The summed E-state index contributed by atoms with van der Waals surface area (Å²) in [4.78, 5) is 0. The van der Waals surface area contributed by atoms with Crippen LogP contribution in [0.4, 0.5) is 0 Å². The lowest BCUT2D eigenvalue weighted by atomic mass is 10.1. The van der Waals surface area contributed by atoms with Gasteiger partial charge in [0.05, 0.1) is 6.10 Å². The van der Waals surface area contributed by atoms with Crippen LogP contribution in [0, 0.1) is 13.8 Å². The average molecular weight is 223 g/mol. The molecule has 0 amide bonds. The highest BCUT2D eigenvalue weighted by Gasteiger charge is 1.99. The van der Waals surface area contributed by atoms with Crippen molar-refractivity contribution < 1.29 is 9.84 Å². The molecule has 1 unspecified atom stereocenters. The van der Waals surface area contributed by atoms with E-state index in [2.05, 4.69) is 24.4 Å². The molecule has 1 aromatic carbocycles. The molecule has 0 aliphatic heterocycles. The number of aliphatic hydroxyl groups is 1. The van der Waals surface area contributed by atoms with Gasteiger partial charge >= 0.3 is 0 Å². The number of hydrogen-bond donors (Lipinski definition) is 2. The summed E-state index contributed by atoms with van der Waals surface area (Å²) in [6.07, 6.45) is -0.305. The van der Waals surface area contributed by atoms with Crippen LogP contribution >= 0.6 is 0 Å². The van der Waals surface area contributed by atoms with Gasteiger partial charge in [-0.2, -0.15) is 0 Å². The Morgan fingerprint density at radius 1 is 1.38 bits per heavy atom. The molecule has 0 fully saturated rings. The molecular weight excluding hydrogens is 202 g/mol. The minimum atomic E-state index is -0.305. The molecular formula is C13H21NO2. The van der Waals surface area contributed by atoms with E-state index in [1.807, 2.05) is 13.0 Å². The van der Waals surface area contributed by atoms with Crippen molar-refractivity contribution >= 4 is 0 Å². The van der Waals surface area contributed by atoms with Crippen molar-refractivity contribution in [1.82, 2.24) is 5.32 Å². The summed E-state index contributed by atoms with van der Waals surface area (Å²) < 4.78 is 5.66. The fourth-order valence-corrected chi connectivity index (χ4v) is 1.41. The van der Waals surface area contributed by atoms with Crippen LogP contribution in [0.2, 0.25) is 0 Å². The van der Waals surface area contributed by atoms with Crippen LogP contribution in [-0.4, -0.2) is 30.9 Å². The monoisotopic (exact) mass is 223 g/mol. The minimum absolute atomic E-state index is 0.305. The molecule has 0 saturated heterocycles. The van der Waals surface area contributed by atoms with Crippen molar-refractivity contribution in [2.45, 2.75) is 26.9 Å². The van der Waals surface area contributed by atoms with Crippen molar-refractivity contribution in [1.29, 1.82) is 0 Å². The van der Waals surface area contributed by atoms with E-state index in [9.17, 15) is 0 Å². The Hall–Kier alpha value is -1.06. The summed E-state index contributed by atoms with van der Waals surface area (Å²) in [5.74, 6) is 0.943. The normalized spacial score (nSPS) is 12.5. The Morgan fingerprint density at radius 2 is 2.12 bits per heavy atom. The lowest BCUT2D eigenvalue weighted by Crippen LogP contribution is -2.28. The number of nitrogens with one attached hydrogen (secondary N) is 1. The molecule has 16 heavy (non-hydrogen) atoms. The van der Waals surface area contributed by atoms with Gasteiger partial charge in [-0.15, -0.1) is 0 Å². The highest BCUT2D eigenvalue weighted by Crippen LogP contribution is 2.18. The van der Waals surface area contributed by atoms with Crippen LogP contribution < -0.4 is 10.1 Å². The third kappa shape index (κ3) is 4.64. The maximum atomic E-state index is 9.05. The van der Waals surface area contributed by atoms with Crippen LogP contribution in [0.5, 0.6) is 5.75 Å². The molecule has 0 saturated carbocycles. The number of aliphatic hydroxyl groups excluding tert-OH is 1. The van der Waals surface area contributed by atoms with Gasteiger partial charge in [-0.3, -0.25) is 0 Å². The van der Waals surface area contributed by atoms with Crippen molar-refractivity contribution in [2.24, 2.45) is 0 Å². The van der Waals surface area contributed by atoms with Crippen molar-refractivity contribution in [2.75, 3.05) is 19.7 Å². The molecule has 0 aliphatic carbocycles. The molecule has 0 aromatic heterocycles. The Balaban J connectivity index is 2.29. The van der Waals surface area contributed by atoms with Gasteiger partial charge in [-0.25, -0.2) is 0 Å². The smallest absolute Gasteiger partial charge is 0.122 e. The zero-order chi connectivity index (χ0) is 12.0. The highest BCUT2D eigenvalue weighted by atomic mass is 16.5. The average Bonchev–Trinajstić information content (AvgIpc) is 2.22. The van der Waals surface area contributed by atoms with Gasteiger partial charge in [0.25, 0.3) is 0 Å². The maximum Gasteiger partial charge on any atom is 0.122 e. The Labute approximate surface area is 97.4 Å². The van der Waals surface area contributed by atoms with Crippen LogP contribution in [0.15, 0.2) is 18.2 Å². The van der Waals surface area contributed by atoms with Crippen LogP contribution in [0.1, 0.15) is 18.1 Å². The second-order valence-electron chi connectivity index (χ2n) is 4.17.